The predicted octanol–water partition coefficient (Wildman–Crippen LogP) is 3.80. The highest BCUT2D eigenvalue weighted by Gasteiger charge is 2.16. The summed E-state index contributed by atoms with van der Waals surface area (Å²) in [6, 6.07) is 0. The Hall–Kier alpha value is 1.92. The van der Waals surface area contributed by atoms with E-state index in [9.17, 15) is 0 Å². The van der Waals surface area contributed by atoms with Crippen molar-refractivity contribution in [1.29, 1.82) is 0 Å². The van der Waals surface area contributed by atoms with Gasteiger partial charge in [0.05, 0.1) is 0 Å². The Balaban J connectivity index is 3.70. The van der Waals surface area contributed by atoms with Crippen LogP contribution in [0.3, 0.4) is 0 Å². The molecule has 0 rings (SSSR count). The zero-order valence-corrected chi connectivity index (χ0v) is 11.8. The summed E-state index contributed by atoms with van der Waals surface area (Å²) in [7, 11) is 0. The molecule has 10 heavy (non-hydrogen) atoms. The standard InChI is InChI=1S/C6H10Br4/c7-1-5(2-8)6(3-9)4-10/h5-6H,1-4H2. The molecule has 0 fully saturated rings. The number of halogens is 4. The first-order chi connectivity index (χ1) is 4.79. The lowest BCUT2D eigenvalue weighted by Gasteiger charge is -2.18. The Bertz CT molecular complexity index is 58.1. The highest BCUT2D eigenvalue weighted by atomic mass is 79.9. The molecule has 0 saturated heterocycles. The molecule has 0 amide bonds. The van der Waals surface area contributed by atoms with Crippen LogP contribution in [0, 0.1) is 11.8 Å². The monoisotopic (exact) mass is 398 g/mol. The van der Waals surface area contributed by atoms with Gasteiger partial charge in [-0.1, -0.05) is 63.7 Å². The number of alkyl halides is 4. The van der Waals surface area contributed by atoms with Gasteiger partial charge in [0.1, 0.15) is 0 Å². The maximum absolute atomic E-state index is 3.49. The molecule has 4 heteroatoms. The van der Waals surface area contributed by atoms with Crippen LogP contribution in [0.25, 0.3) is 0 Å². The van der Waals surface area contributed by atoms with Gasteiger partial charge in [0.15, 0.2) is 0 Å². The second kappa shape index (κ2) is 7.56. The lowest BCUT2D eigenvalue weighted by Crippen LogP contribution is -2.20. The van der Waals surface area contributed by atoms with Crippen LogP contribution in [0.15, 0.2) is 0 Å². The molecular weight excluding hydrogens is 392 g/mol. The lowest BCUT2D eigenvalue weighted by molar-refractivity contribution is 0.498. The van der Waals surface area contributed by atoms with Gasteiger partial charge in [-0.2, -0.15) is 0 Å². The first-order valence-corrected chi connectivity index (χ1v) is 7.52. The van der Waals surface area contributed by atoms with Crippen LogP contribution < -0.4 is 0 Å². The van der Waals surface area contributed by atoms with Crippen LogP contribution in [0.1, 0.15) is 0 Å². The minimum absolute atomic E-state index is 0.721. The second-order valence-corrected chi connectivity index (χ2v) is 4.73. The third-order valence-corrected chi connectivity index (χ3v) is 4.79. The SMILES string of the molecule is BrCC(CBr)C(CBr)CBr. The van der Waals surface area contributed by atoms with Crippen molar-refractivity contribution in [2.75, 3.05) is 21.3 Å². The zero-order chi connectivity index (χ0) is 7.98. The average molecular weight is 402 g/mol. The molecule has 0 nitrogen and oxygen atoms in total. The second-order valence-electron chi connectivity index (χ2n) is 2.14. The van der Waals surface area contributed by atoms with E-state index < -0.39 is 0 Å². The maximum Gasteiger partial charge on any atom is 0.00708 e. The summed E-state index contributed by atoms with van der Waals surface area (Å²) in [6.45, 7) is 0. The smallest absolute Gasteiger partial charge is 0.00708 e. The van der Waals surface area contributed by atoms with Crippen molar-refractivity contribution in [2.45, 2.75) is 0 Å². The number of hydrogen-bond donors (Lipinski definition) is 0. The fraction of sp³-hybridized carbons (Fsp3) is 1.00. The van der Waals surface area contributed by atoms with Gasteiger partial charge in [-0.3, -0.25) is 0 Å². The van der Waals surface area contributed by atoms with Gasteiger partial charge in [-0.05, 0) is 11.8 Å². The normalized spacial score (nSPS) is 11.4. The third-order valence-electron chi connectivity index (χ3n) is 1.46. The predicted molar refractivity (Wildman–Crippen MR) is 62.2 cm³/mol. The van der Waals surface area contributed by atoms with Gasteiger partial charge in [-0.25, -0.2) is 0 Å². The molecule has 0 aromatic rings. The molecule has 0 aliphatic rings. The molecule has 0 unspecified atom stereocenters. The van der Waals surface area contributed by atoms with Gasteiger partial charge >= 0.3 is 0 Å². The van der Waals surface area contributed by atoms with Crippen molar-refractivity contribution >= 4 is 63.7 Å². The molecule has 0 bridgehead atoms. The highest BCUT2D eigenvalue weighted by molar-refractivity contribution is 9.10. The van der Waals surface area contributed by atoms with E-state index in [2.05, 4.69) is 63.7 Å². The van der Waals surface area contributed by atoms with Gasteiger partial charge in [-0.15, -0.1) is 0 Å². The molecule has 0 aliphatic carbocycles. The van der Waals surface area contributed by atoms with Crippen molar-refractivity contribution in [1.82, 2.24) is 0 Å². The molecule has 62 valence electrons. The molecular formula is C6H10Br4. The molecule has 0 aromatic heterocycles. The Morgan fingerprint density at radius 2 is 0.800 bits per heavy atom. The van der Waals surface area contributed by atoms with Crippen LogP contribution in [0.2, 0.25) is 0 Å². The fourth-order valence-electron chi connectivity index (χ4n) is 0.586. The van der Waals surface area contributed by atoms with Crippen molar-refractivity contribution < 1.29 is 0 Å². The van der Waals surface area contributed by atoms with E-state index in [1.54, 1.807) is 0 Å². The van der Waals surface area contributed by atoms with E-state index in [1.165, 1.54) is 0 Å². The van der Waals surface area contributed by atoms with Gasteiger partial charge in [0, 0.05) is 21.3 Å². The summed E-state index contributed by atoms with van der Waals surface area (Å²) in [6.07, 6.45) is 0. The number of rotatable bonds is 5. The Kier molecular flexibility index (Phi) is 9.02. The minimum Gasteiger partial charge on any atom is -0.0925 e. The highest BCUT2D eigenvalue weighted by Crippen LogP contribution is 2.21. The molecule has 0 radical (unpaired) electrons. The van der Waals surface area contributed by atoms with Gasteiger partial charge in [0.25, 0.3) is 0 Å². The van der Waals surface area contributed by atoms with Crippen molar-refractivity contribution in [3.05, 3.63) is 0 Å². The number of hydrogen-bond acceptors (Lipinski definition) is 0. The molecule has 0 saturated carbocycles. The molecule has 0 aromatic carbocycles. The summed E-state index contributed by atoms with van der Waals surface area (Å²) in [5.74, 6) is 1.44. The third kappa shape index (κ3) is 4.07. The van der Waals surface area contributed by atoms with Crippen LogP contribution in [-0.2, 0) is 0 Å². The van der Waals surface area contributed by atoms with Gasteiger partial charge < -0.3 is 0 Å². The van der Waals surface area contributed by atoms with E-state index in [0.717, 1.165) is 33.2 Å². The summed E-state index contributed by atoms with van der Waals surface area (Å²) < 4.78 is 0. The van der Waals surface area contributed by atoms with Crippen LogP contribution in [0.5, 0.6) is 0 Å². The zero-order valence-electron chi connectivity index (χ0n) is 5.49. The maximum atomic E-state index is 3.49. The van der Waals surface area contributed by atoms with E-state index in [0.29, 0.717) is 0 Å². The first kappa shape index (κ1) is 11.9. The van der Waals surface area contributed by atoms with Crippen LogP contribution in [-0.4, -0.2) is 21.3 Å². The van der Waals surface area contributed by atoms with Crippen LogP contribution in [0.4, 0.5) is 0 Å². The molecule has 0 spiro atoms. The summed E-state index contributed by atoms with van der Waals surface area (Å²) >= 11 is 13.9. The van der Waals surface area contributed by atoms with Crippen molar-refractivity contribution in [3.63, 3.8) is 0 Å². The van der Waals surface area contributed by atoms with Crippen LogP contribution >= 0.6 is 63.7 Å². The molecule has 0 N–H and O–H groups in total. The first-order valence-electron chi connectivity index (χ1n) is 3.04. The van der Waals surface area contributed by atoms with E-state index in [1.807, 2.05) is 0 Å². The lowest BCUT2D eigenvalue weighted by atomic mass is 10.0. The Labute approximate surface area is 96.0 Å². The summed E-state index contributed by atoms with van der Waals surface area (Å²) in [5.41, 5.74) is 0. The molecule has 0 aliphatic heterocycles. The fourth-order valence-corrected chi connectivity index (χ4v) is 4.85. The van der Waals surface area contributed by atoms with Crippen molar-refractivity contribution in [3.8, 4) is 0 Å². The van der Waals surface area contributed by atoms with Crippen molar-refractivity contribution in [2.24, 2.45) is 11.8 Å². The van der Waals surface area contributed by atoms with E-state index in [-0.39, 0.29) is 0 Å². The van der Waals surface area contributed by atoms with E-state index >= 15 is 0 Å². The molecule has 0 heterocycles. The topological polar surface area (TPSA) is 0 Å². The summed E-state index contributed by atoms with van der Waals surface area (Å²) in [5, 5.41) is 4.28. The quantitative estimate of drug-likeness (QED) is 0.615. The van der Waals surface area contributed by atoms with E-state index in [4.69, 9.17) is 0 Å². The Morgan fingerprint density at radius 1 is 0.600 bits per heavy atom. The average Bonchev–Trinajstić information content (AvgIpc) is 2.00. The minimum atomic E-state index is 0.721. The Morgan fingerprint density at radius 3 is 0.900 bits per heavy atom. The summed E-state index contributed by atoms with van der Waals surface area (Å²) in [4.78, 5) is 0. The largest absolute Gasteiger partial charge is 0.0925 e. The van der Waals surface area contributed by atoms with Gasteiger partial charge in [0.2, 0.25) is 0 Å². The molecule has 0 atom stereocenters.